The molecule has 0 amide bonds. The van der Waals surface area contributed by atoms with E-state index in [4.69, 9.17) is 15.0 Å². The van der Waals surface area contributed by atoms with E-state index in [1.165, 1.54) is 9.79 Å². The molecular weight excluding hydrogens is 635 g/mol. The summed E-state index contributed by atoms with van der Waals surface area (Å²) in [5.41, 5.74) is 12.3. The minimum atomic E-state index is 0.711. The molecule has 0 aliphatic carbocycles. The van der Waals surface area contributed by atoms with Gasteiger partial charge in [-0.1, -0.05) is 72.4 Å². The summed E-state index contributed by atoms with van der Waals surface area (Å²) < 4.78 is 4.23. The average Bonchev–Trinajstić information content (AvgIpc) is 3.77. The largest absolute Gasteiger partial charge is 0.308 e. The Morgan fingerprint density at radius 3 is 1.88 bits per heavy atom. The third-order valence-electron chi connectivity index (χ3n) is 8.88. The normalized spacial score (nSPS) is 12.6. The fourth-order valence-electron chi connectivity index (χ4n) is 6.74. The molecule has 0 saturated carbocycles. The number of pyridine rings is 1. The van der Waals surface area contributed by atoms with E-state index in [9.17, 15) is 0 Å². The molecule has 8 aromatic rings. The van der Waals surface area contributed by atoms with Gasteiger partial charge in [-0.05, 0) is 84.6 Å². The van der Waals surface area contributed by atoms with Crippen LogP contribution in [0.3, 0.4) is 0 Å². The smallest absolute Gasteiger partial charge is 0.176 e. The molecule has 2 aliphatic heterocycles. The maximum absolute atomic E-state index is 5.22. The van der Waals surface area contributed by atoms with Crippen LogP contribution in [-0.4, -0.2) is 30.0 Å². The summed E-state index contributed by atoms with van der Waals surface area (Å²) in [7, 11) is 0. The van der Waals surface area contributed by atoms with Crippen molar-refractivity contribution in [2.75, 3.05) is 4.90 Å². The fraction of sp³-hybridized carbons (Fsp3) is 0. The second kappa shape index (κ2) is 11.5. The first kappa shape index (κ1) is 28.3. The lowest BCUT2D eigenvalue weighted by atomic mass is 10.0. The van der Waals surface area contributed by atoms with Gasteiger partial charge in [0.25, 0.3) is 0 Å². The SMILES string of the molecule is C1=C=Nc2c(nc(-c3cc(-c4nc5cccnc5n4-c4ccccc4)cc(N4c5ccccc5Sc5ccccc54)c3)n2-c2ccccc2)C=1. The summed E-state index contributed by atoms with van der Waals surface area (Å²) in [6.45, 7) is 0. The highest BCUT2D eigenvalue weighted by Gasteiger charge is 2.28. The third kappa shape index (κ3) is 4.56. The number of benzene rings is 5. The van der Waals surface area contributed by atoms with Crippen molar-refractivity contribution < 1.29 is 0 Å². The van der Waals surface area contributed by atoms with Crippen molar-refractivity contribution in [3.63, 3.8) is 0 Å². The van der Waals surface area contributed by atoms with Crippen molar-refractivity contribution in [3.05, 3.63) is 157 Å². The zero-order valence-electron chi connectivity index (χ0n) is 26.5. The Hall–Kier alpha value is -6.69. The van der Waals surface area contributed by atoms with Crippen molar-refractivity contribution in [2.45, 2.75) is 9.79 Å². The number of aliphatic imine (C=N–C) groups is 1. The second-order valence-electron chi connectivity index (χ2n) is 11.9. The molecule has 0 unspecified atom stereocenters. The summed E-state index contributed by atoms with van der Waals surface area (Å²) >= 11 is 1.79. The van der Waals surface area contributed by atoms with Crippen LogP contribution in [0.2, 0.25) is 0 Å². The van der Waals surface area contributed by atoms with E-state index in [1.54, 1.807) is 11.8 Å². The van der Waals surface area contributed by atoms with Crippen LogP contribution >= 0.6 is 11.8 Å². The molecule has 0 atom stereocenters. The van der Waals surface area contributed by atoms with Crippen LogP contribution < -0.4 is 4.90 Å². The molecule has 8 heteroatoms. The van der Waals surface area contributed by atoms with E-state index in [1.807, 2.05) is 60.8 Å². The Labute approximate surface area is 291 Å². The van der Waals surface area contributed by atoms with Crippen LogP contribution in [-0.2, 0) is 0 Å². The summed E-state index contributed by atoms with van der Waals surface area (Å²) in [4.78, 5) is 24.5. The maximum atomic E-state index is 5.22. The summed E-state index contributed by atoms with van der Waals surface area (Å²) in [6, 6.07) is 48.2. The Bertz CT molecular complexity index is 2670. The minimum Gasteiger partial charge on any atom is -0.308 e. The van der Waals surface area contributed by atoms with E-state index >= 15 is 0 Å². The standard InChI is InChI=1S/C42H25N7S/c1-3-13-30(14-4-1)48-39(45-33-17-11-23-43-41(33)48)28-25-29(40-46-34-18-12-24-44-42(34)49(40)31-15-5-2-6-16-31)27-32(26-28)47-35-19-7-9-21-37(35)50-38-22-10-8-20-36(38)47/h1-11,13-23,25-27H. The molecule has 0 spiro atoms. The predicted molar refractivity (Wildman–Crippen MR) is 201 cm³/mol. The van der Waals surface area contributed by atoms with Gasteiger partial charge in [0.15, 0.2) is 11.5 Å². The van der Waals surface area contributed by atoms with Gasteiger partial charge < -0.3 is 4.90 Å². The Kier molecular flexibility index (Phi) is 6.50. The summed E-state index contributed by atoms with van der Waals surface area (Å²) in [6.07, 6.45) is 3.66. The van der Waals surface area contributed by atoms with Gasteiger partial charge in [-0.15, -0.1) is 0 Å². The average molecular weight is 660 g/mol. The van der Waals surface area contributed by atoms with Crippen molar-refractivity contribution in [3.8, 4) is 34.2 Å². The molecule has 5 aromatic carbocycles. The molecule has 0 bridgehead atoms. The molecule has 7 nitrogen and oxygen atoms in total. The summed E-state index contributed by atoms with van der Waals surface area (Å²) in [5.74, 6) is 5.15. The highest BCUT2D eigenvalue weighted by molar-refractivity contribution is 7.99. The molecule has 0 radical (unpaired) electrons. The van der Waals surface area contributed by atoms with Gasteiger partial charge in [-0.3, -0.25) is 9.13 Å². The second-order valence-corrected chi connectivity index (χ2v) is 13.0. The lowest BCUT2D eigenvalue weighted by Crippen LogP contribution is -2.15. The molecule has 234 valence electrons. The van der Waals surface area contributed by atoms with Gasteiger partial charge in [-0.25, -0.2) is 15.0 Å². The summed E-state index contributed by atoms with van der Waals surface area (Å²) in [5, 5.41) is 0. The first-order valence-corrected chi connectivity index (χ1v) is 17.1. The number of nitrogens with zero attached hydrogens (tertiary/aromatic N) is 7. The van der Waals surface area contributed by atoms with Crippen molar-refractivity contribution in [1.82, 2.24) is 24.1 Å². The number of aromatic nitrogens is 5. The van der Waals surface area contributed by atoms with Crippen LogP contribution in [0.25, 0.3) is 51.4 Å². The Morgan fingerprint density at radius 2 is 1.18 bits per heavy atom. The number of hydrogen-bond donors (Lipinski definition) is 0. The molecular formula is C42H25N7S. The molecule has 0 saturated heterocycles. The predicted octanol–water partition coefficient (Wildman–Crippen LogP) is 10.4. The van der Waals surface area contributed by atoms with E-state index in [2.05, 4.69) is 122 Å². The van der Waals surface area contributed by atoms with Crippen LogP contribution in [0.5, 0.6) is 0 Å². The monoisotopic (exact) mass is 659 g/mol. The highest BCUT2D eigenvalue weighted by atomic mass is 32.2. The number of fused-ring (bicyclic) bond motifs is 4. The van der Waals surface area contributed by atoms with Crippen LogP contribution in [0.4, 0.5) is 22.9 Å². The maximum Gasteiger partial charge on any atom is 0.176 e. The molecule has 2 aliphatic rings. The lowest BCUT2D eigenvalue weighted by molar-refractivity contribution is 1.06. The molecule has 0 fully saturated rings. The highest BCUT2D eigenvalue weighted by Crippen LogP contribution is 2.52. The van der Waals surface area contributed by atoms with E-state index in [0.29, 0.717) is 5.82 Å². The van der Waals surface area contributed by atoms with Gasteiger partial charge in [0.1, 0.15) is 22.9 Å². The number of rotatable bonds is 5. The van der Waals surface area contributed by atoms with E-state index in [0.717, 1.165) is 68.1 Å². The molecule has 3 aromatic heterocycles. The van der Waals surface area contributed by atoms with Gasteiger partial charge >= 0.3 is 0 Å². The molecule has 50 heavy (non-hydrogen) atoms. The number of para-hydroxylation sites is 4. The van der Waals surface area contributed by atoms with Crippen LogP contribution in [0.1, 0.15) is 5.69 Å². The first-order chi connectivity index (χ1) is 24.8. The van der Waals surface area contributed by atoms with Crippen LogP contribution in [0, 0.1) is 0 Å². The van der Waals surface area contributed by atoms with E-state index in [-0.39, 0.29) is 0 Å². The topological polar surface area (TPSA) is 64.1 Å². The first-order valence-electron chi connectivity index (χ1n) is 16.2. The quantitative estimate of drug-likeness (QED) is 0.172. The Morgan fingerprint density at radius 1 is 0.560 bits per heavy atom. The number of imidazole rings is 2. The third-order valence-corrected chi connectivity index (χ3v) is 10.0. The van der Waals surface area contributed by atoms with Crippen molar-refractivity contribution >= 4 is 57.8 Å². The van der Waals surface area contributed by atoms with Gasteiger partial charge in [-0.2, -0.15) is 4.99 Å². The molecule has 0 N–H and O–H groups in total. The zero-order chi connectivity index (χ0) is 33.0. The number of hydrogen-bond acceptors (Lipinski definition) is 6. The molecule has 5 heterocycles. The Balaban J connectivity index is 1.29. The zero-order valence-corrected chi connectivity index (χ0v) is 27.3. The van der Waals surface area contributed by atoms with Gasteiger partial charge in [0.05, 0.1) is 11.4 Å². The van der Waals surface area contributed by atoms with Gasteiger partial charge in [0.2, 0.25) is 0 Å². The van der Waals surface area contributed by atoms with Crippen LogP contribution in [0.15, 0.2) is 166 Å². The van der Waals surface area contributed by atoms with Gasteiger partial charge in [0, 0.05) is 56.1 Å². The van der Waals surface area contributed by atoms with Crippen molar-refractivity contribution in [1.29, 1.82) is 0 Å². The number of anilines is 3. The fourth-order valence-corrected chi connectivity index (χ4v) is 7.80. The minimum absolute atomic E-state index is 0.711. The van der Waals surface area contributed by atoms with Crippen molar-refractivity contribution in [2.24, 2.45) is 4.99 Å². The molecule has 10 rings (SSSR count). The van der Waals surface area contributed by atoms with E-state index < -0.39 is 0 Å². The lowest BCUT2D eigenvalue weighted by Gasteiger charge is -2.33.